The minimum Gasteiger partial charge on any atom is -0.497 e. The van der Waals surface area contributed by atoms with E-state index in [1.165, 1.54) is 0 Å². The summed E-state index contributed by atoms with van der Waals surface area (Å²) in [6.07, 6.45) is 0. The largest absolute Gasteiger partial charge is 0.497 e. The number of ether oxygens (including phenoxy) is 2. The summed E-state index contributed by atoms with van der Waals surface area (Å²) in [5.74, 6) is 0.597. The summed E-state index contributed by atoms with van der Waals surface area (Å²) in [6.45, 7) is 3.40. The van der Waals surface area contributed by atoms with Crippen molar-refractivity contribution in [2.45, 2.75) is 0 Å². The molecule has 1 aliphatic rings. The van der Waals surface area contributed by atoms with Crippen LogP contribution in [0.2, 0.25) is 0 Å². The van der Waals surface area contributed by atoms with Gasteiger partial charge in [0.2, 0.25) is 5.91 Å². The number of rotatable bonds is 6. The highest BCUT2D eigenvalue weighted by molar-refractivity contribution is 7.80. The number of anilines is 3. The number of likely N-dealkylation sites (N-methyl/N-ethyl adjacent to an activating group) is 1. The molecular formula is C21H26N4O3S. The number of carbonyl (C=O) groups is 1. The van der Waals surface area contributed by atoms with Crippen molar-refractivity contribution in [3.8, 4) is 5.75 Å². The van der Waals surface area contributed by atoms with Gasteiger partial charge in [0.25, 0.3) is 0 Å². The van der Waals surface area contributed by atoms with Crippen LogP contribution in [0.4, 0.5) is 17.1 Å². The molecule has 1 saturated heterocycles. The number of benzene rings is 2. The molecule has 0 unspecified atom stereocenters. The van der Waals surface area contributed by atoms with Crippen LogP contribution in [0, 0.1) is 0 Å². The number of amides is 1. The molecule has 2 aromatic carbocycles. The minimum absolute atomic E-state index is 0.138. The topological polar surface area (TPSA) is 66.1 Å². The first-order valence-electron chi connectivity index (χ1n) is 9.44. The van der Waals surface area contributed by atoms with Crippen LogP contribution in [0.15, 0.2) is 48.5 Å². The third-order valence-corrected chi connectivity index (χ3v) is 4.99. The zero-order valence-electron chi connectivity index (χ0n) is 16.7. The van der Waals surface area contributed by atoms with Crippen molar-refractivity contribution in [3.63, 3.8) is 0 Å². The lowest BCUT2D eigenvalue weighted by molar-refractivity contribution is -0.116. The van der Waals surface area contributed by atoms with Crippen LogP contribution in [0.3, 0.4) is 0 Å². The zero-order chi connectivity index (χ0) is 20.6. The summed E-state index contributed by atoms with van der Waals surface area (Å²) in [7, 11) is 3.39. The first-order valence-corrected chi connectivity index (χ1v) is 9.85. The Morgan fingerprint density at radius 3 is 2.55 bits per heavy atom. The van der Waals surface area contributed by atoms with Crippen molar-refractivity contribution in [1.29, 1.82) is 0 Å². The molecular weight excluding hydrogens is 388 g/mol. The van der Waals surface area contributed by atoms with Gasteiger partial charge in [-0.25, -0.2) is 0 Å². The lowest BCUT2D eigenvalue weighted by Gasteiger charge is -2.29. The Kier molecular flexibility index (Phi) is 7.26. The van der Waals surface area contributed by atoms with E-state index in [4.69, 9.17) is 21.7 Å². The van der Waals surface area contributed by atoms with Gasteiger partial charge < -0.3 is 29.9 Å². The van der Waals surface area contributed by atoms with Gasteiger partial charge >= 0.3 is 0 Å². The van der Waals surface area contributed by atoms with Crippen molar-refractivity contribution < 1.29 is 14.3 Å². The fourth-order valence-corrected chi connectivity index (χ4v) is 3.17. The highest BCUT2D eigenvalue weighted by Crippen LogP contribution is 2.19. The van der Waals surface area contributed by atoms with Gasteiger partial charge in [0, 0.05) is 43.3 Å². The van der Waals surface area contributed by atoms with Crippen molar-refractivity contribution in [2.75, 3.05) is 62.5 Å². The van der Waals surface area contributed by atoms with Gasteiger partial charge in [-0.05, 0) is 48.6 Å². The molecule has 0 bridgehead atoms. The molecule has 154 valence electrons. The van der Waals surface area contributed by atoms with Crippen LogP contribution in [0.1, 0.15) is 0 Å². The molecule has 0 spiro atoms. The quantitative estimate of drug-likeness (QED) is 0.705. The molecule has 2 N–H and O–H groups in total. The van der Waals surface area contributed by atoms with E-state index in [1.54, 1.807) is 19.1 Å². The molecule has 0 radical (unpaired) electrons. The van der Waals surface area contributed by atoms with E-state index < -0.39 is 0 Å². The van der Waals surface area contributed by atoms with Crippen LogP contribution < -0.4 is 20.3 Å². The number of methoxy groups -OCH3 is 1. The second kappa shape index (κ2) is 10.1. The SMILES string of the molecule is COc1cccc(NC(=S)N(C)CC(=O)Nc2ccc(N3CCOCC3)cc2)c1. The van der Waals surface area contributed by atoms with Gasteiger partial charge in [0.05, 0.1) is 26.9 Å². The molecule has 0 aliphatic carbocycles. The Morgan fingerprint density at radius 1 is 1.14 bits per heavy atom. The monoisotopic (exact) mass is 414 g/mol. The van der Waals surface area contributed by atoms with Crippen LogP contribution in [0.5, 0.6) is 5.75 Å². The van der Waals surface area contributed by atoms with Crippen molar-refractivity contribution in [1.82, 2.24) is 4.90 Å². The van der Waals surface area contributed by atoms with Gasteiger partial charge in [0.15, 0.2) is 5.11 Å². The molecule has 1 aliphatic heterocycles. The molecule has 0 atom stereocenters. The van der Waals surface area contributed by atoms with E-state index in [1.807, 2.05) is 48.5 Å². The van der Waals surface area contributed by atoms with E-state index in [-0.39, 0.29) is 12.5 Å². The smallest absolute Gasteiger partial charge is 0.243 e. The molecule has 3 rings (SSSR count). The average molecular weight is 415 g/mol. The highest BCUT2D eigenvalue weighted by atomic mass is 32.1. The third-order valence-electron chi connectivity index (χ3n) is 4.58. The standard InChI is InChI=1S/C21H26N4O3S/c1-24(21(29)23-17-4-3-5-19(14-17)27-2)15-20(26)22-16-6-8-18(9-7-16)25-10-12-28-13-11-25/h3-9,14H,10-13,15H2,1-2H3,(H,22,26)(H,23,29). The Bertz CT molecular complexity index is 838. The lowest BCUT2D eigenvalue weighted by atomic mass is 10.2. The van der Waals surface area contributed by atoms with Gasteiger partial charge in [-0.2, -0.15) is 0 Å². The Labute approximate surface area is 176 Å². The molecule has 1 heterocycles. The summed E-state index contributed by atoms with van der Waals surface area (Å²) in [4.78, 5) is 16.3. The second-order valence-electron chi connectivity index (χ2n) is 6.71. The van der Waals surface area contributed by atoms with E-state index in [0.29, 0.717) is 5.11 Å². The summed E-state index contributed by atoms with van der Waals surface area (Å²) in [5, 5.41) is 6.47. The maximum atomic E-state index is 12.4. The summed E-state index contributed by atoms with van der Waals surface area (Å²) >= 11 is 5.39. The normalized spacial score (nSPS) is 13.5. The average Bonchev–Trinajstić information content (AvgIpc) is 2.75. The fraction of sp³-hybridized carbons (Fsp3) is 0.333. The maximum Gasteiger partial charge on any atom is 0.243 e. The number of morpholine rings is 1. The zero-order valence-corrected chi connectivity index (χ0v) is 17.5. The third kappa shape index (κ3) is 6.07. The van der Waals surface area contributed by atoms with Crippen molar-refractivity contribution in [2.24, 2.45) is 0 Å². The van der Waals surface area contributed by atoms with Gasteiger partial charge in [0.1, 0.15) is 5.75 Å². The summed E-state index contributed by atoms with van der Waals surface area (Å²) < 4.78 is 10.6. The second-order valence-corrected chi connectivity index (χ2v) is 7.10. The lowest BCUT2D eigenvalue weighted by Crippen LogP contribution is -2.37. The molecule has 7 nitrogen and oxygen atoms in total. The Balaban J connectivity index is 1.49. The molecule has 0 saturated carbocycles. The molecule has 29 heavy (non-hydrogen) atoms. The number of hydrogen-bond donors (Lipinski definition) is 2. The van der Waals surface area contributed by atoms with Gasteiger partial charge in [-0.1, -0.05) is 6.07 Å². The summed E-state index contributed by atoms with van der Waals surface area (Å²) in [5.41, 5.74) is 2.69. The number of nitrogens with one attached hydrogen (secondary N) is 2. The molecule has 8 heteroatoms. The fourth-order valence-electron chi connectivity index (χ4n) is 2.98. The molecule has 1 amide bonds. The van der Waals surface area contributed by atoms with E-state index in [2.05, 4.69) is 15.5 Å². The van der Waals surface area contributed by atoms with Crippen LogP contribution in [-0.4, -0.2) is 62.9 Å². The first kappa shape index (κ1) is 20.9. The van der Waals surface area contributed by atoms with Gasteiger partial charge in [-0.15, -0.1) is 0 Å². The Morgan fingerprint density at radius 2 is 1.86 bits per heavy atom. The van der Waals surface area contributed by atoms with Crippen molar-refractivity contribution in [3.05, 3.63) is 48.5 Å². The van der Waals surface area contributed by atoms with E-state index >= 15 is 0 Å². The number of carbonyl (C=O) groups excluding carboxylic acids is 1. The maximum absolute atomic E-state index is 12.4. The van der Waals surface area contributed by atoms with Crippen LogP contribution in [0.25, 0.3) is 0 Å². The Hall–Kier alpha value is -2.84. The highest BCUT2D eigenvalue weighted by Gasteiger charge is 2.13. The van der Waals surface area contributed by atoms with Crippen LogP contribution in [-0.2, 0) is 9.53 Å². The van der Waals surface area contributed by atoms with E-state index in [9.17, 15) is 4.79 Å². The number of hydrogen-bond acceptors (Lipinski definition) is 5. The van der Waals surface area contributed by atoms with Crippen LogP contribution >= 0.6 is 12.2 Å². The first-order chi connectivity index (χ1) is 14.0. The van der Waals surface area contributed by atoms with Crippen molar-refractivity contribution >= 4 is 40.3 Å². The summed E-state index contributed by atoms with van der Waals surface area (Å²) in [6, 6.07) is 15.3. The number of nitrogens with zero attached hydrogens (tertiary/aromatic N) is 2. The predicted molar refractivity (Wildman–Crippen MR) is 120 cm³/mol. The van der Waals surface area contributed by atoms with E-state index in [0.717, 1.165) is 49.1 Å². The molecule has 1 fully saturated rings. The number of thiocarbonyl (C=S) groups is 1. The minimum atomic E-state index is -0.138. The predicted octanol–water partition coefficient (Wildman–Crippen LogP) is 2.80. The molecule has 2 aromatic rings. The van der Waals surface area contributed by atoms with Gasteiger partial charge in [-0.3, -0.25) is 4.79 Å². The molecule has 0 aromatic heterocycles.